The molecule has 2 heterocycles. The molecule has 0 aliphatic carbocycles. The maximum Gasteiger partial charge on any atom is 0.431 e. The zero-order valence-corrected chi connectivity index (χ0v) is 8.62. The molecule has 0 aliphatic heterocycles. The van der Waals surface area contributed by atoms with E-state index in [0.717, 1.165) is 18.5 Å². The van der Waals surface area contributed by atoms with E-state index in [-0.39, 0.29) is 11.3 Å². The van der Waals surface area contributed by atoms with Gasteiger partial charge in [0.15, 0.2) is 0 Å². The fourth-order valence-electron chi connectivity index (χ4n) is 1.31. The molecule has 94 valence electrons. The van der Waals surface area contributed by atoms with Gasteiger partial charge in [-0.15, -0.1) is 0 Å². The van der Waals surface area contributed by atoms with Gasteiger partial charge in [-0.05, 0) is 12.1 Å². The number of aromatic nitrogens is 3. The topological polar surface area (TPSA) is 58.6 Å². The second-order valence-corrected chi connectivity index (χ2v) is 3.37. The van der Waals surface area contributed by atoms with Gasteiger partial charge < -0.3 is 4.98 Å². The Balaban J connectivity index is 2.59. The average Bonchev–Trinajstić information content (AvgIpc) is 2.27. The van der Waals surface area contributed by atoms with Crippen LogP contribution in [-0.2, 0) is 6.18 Å². The smallest absolute Gasteiger partial charge is 0.302 e. The molecule has 0 saturated heterocycles. The predicted octanol–water partition coefficient (Wildman–Crippen LogP) is 1.99. The number of rotatable bonds is 1. The second kappa shape index (κ2) is 4.21. The lowest BCUT2D eigenvalue weighted by atomic mass is 10.2. The average molecular weight is 259 g/mol. The Labute approximate surface area is 97.3 Å². The summed E-state index contributed by atoms with van der Waals surface area (Å²) >= 11 is 0. The largest absolute Gasteiger partial charge is 0.431 e. The van der Waals surface area contributed by atoms with Crippen LogP contribution >= 0.6 is 0 Å². The summed E-state index contributed by atoms with van der Waals surface area (Å²) in [5, 5.41) is 0. The van der Waals surface area contributed by atoms with E-state index in [2.05, 4.69) is 9.97 Å². The zero-order chi connectivity index (χ0) is 13.3. The highest BCUT2D eigenvalue weighted by Crippen LogP contribution is 2.28. The molecular weight excluding hydrogens is 254 g/mol. The van der Waals surface area contributed by atoms with Crippen LogP contribution in [0, 0.1) is 5.82 Å². The molecule has 0 unspecified atom stereocenters. The van der Waals surface area contributed by atoms with Gasteiger partial charge in [0, 0.05) is 11.8 Å². The lowest BCUT2D eigenvalue weighted by Crippen LogP contribution is -2.19. The molecule has 1 N–H and O–H groups in total. The van der Waals surface area contributed by atoms with E-state index in [1.54, 1.807) is 4.98 Å². The molecule has 0 atom stereocenters. The fourth-order valence-corrected chi connectivity index (χ4v) is 1.31. The second-order valence-electron chi connectivity index (χ2n) is 3.37. The molecule has 0 radical (unpaired) electrons. The molecule has 0 fully saturated rings. The Morgan fingerprint density at radius 3 is 2.50 bits per heavy atom. The standard InChI is InChI=1S/C10H5F4N3O/c11-6-1-5(3-15-4-6)7-2-8(10(12,13)14)17-9(18)16-7/h1-4H,(H,16,17,18). The first-order chi connectivity index (χ1) is 8.36. The van der Waals surface area contributed by atoms with Crippen molar-refractivity contribution in [3.05, 3.63) is 46.5 Å². The van der Waals surface area contributed by atoms with Gasteiger partial charge in [-0.25, -0.2) is 9.18 Å². The molecule has 2 aromatic heterocycles. The van der Waals surface area contributed by atoms with Crippen molar-refractivity contribution in [1.82, 2.24) is 15.0 Å². The van der Waals surface area contributed by atoms with Gasteiger partial charge in [0.1, 0.15) is 11.5 Å². The van der Waals surface area contributed by atoms with E-state index >= 15 is 0 Å². The van der Waals surface area contributed by atoms with Gasteiger partial charge >= 0.3 is 11.9 Å². The van der Waals surface area contributed by atoms with Gasteiger partial charge in [-0.2, -0.15) is 18.2 Å². The molecular formula is C10H5F4N3O. The number of halogens is 4. The Bertz CT molecular complexity index is 636. The van der Waals surface area contributed by atoms with Crippen molar-refractivity contribution in [3.63, 3.8) is 0 Å². The number of pyridine rings is 1. The number of H-pyrrole nitrogens is 1. The number of nitrogens with zero attached hydrogens (tertiary/aromatic N) is 2. The summed E-state index contributed by atoms with van der Waals surface area (Å²) in [6.45, 7) is 0. The first-order valence-electron chi connectivity index (χ1n) is 4.66. The number of hydrogen-bond acceptors (Lipinski definition) is 3. The van der Waals surface area contributed by atoms with Crippen LogP contribution in [0.1, 0.15) is 5.69 Å². The summed E-state index contributed by atoms with van der Waals surface area (Å²) in [5.41, 5.74) is -2.71. The van der Waals surface area contributed by atoms with Crippen molar-refractivity contribution >= 4 is 0 Å². The summed E-state index contributed by atoms with van der Waals surface area (Å²) in [6, 6.07) is 1.56. The van der Waals surface area contributed by atoms with Gasteiger partial charge in [-0.1, -0.05) is 0 Å². The van der Waals surface area contributed by atoms with Gasteiger partial charge in [0.05, 0.1) is 11.9 Å². The normalized spacial score (nSPS) is 11.6. The zero-order valence-electron chi connectivity index (χ0n) is 8.62. The monoisotopic (exact) mass is 259 g/mol. The Morgan fingerprint density at radius 2 is 1.89 bits per heavy atom. The third-order valence-corrected chi connectivity index (χ3v) is 2.05. The predicted molar refractivity (Wildman–Crippen MR) is 53.0 cm³/mol. The highest BCUT2D eigenvalue weighted by Gasteiger charge is 2.32. The molecule has 0 amide bonds. The van der Waals surface area contributed by atoms with Crippen molar-refractivity contribution in [2.45, 2.75) is 6.18 Å². The first-order valence-corrected chi connectivity index (χ1v) is 4.66. The number of hydrogen-bond donors (Lipinski definition) is 1. The van der Waals surface area contributed by atoms with E-state index < -0.39 is 23.4 Å². The third-order valence-electron chi connectivity index (χ3n) is 2.05. The summed E-state index contributed by atoms with van der Waals surface area (Å²) in [5.74, 6) is -0.733. The molecule has 0 aromatic carbocycles. The number of aromatic amines is 1. The van der Waals surface area contributed by atoms with E-state index in [1.165, 1.54) is 0 Å². The van der Waals surface area contributed by atoms with E-state index in [4.69, 9.17) is 0 Å². The van der Waals surface area contributed by atoms with Crippen LogP contribution in [0.2, 0.25) is 0 Å². The number of nitrogens with one attached hydrogen (secondary N) is 1. The molecule has 0 aliphatic rings. The third kappa shape index (κ3) is 2.53. The molecule has 0 saturated carbocycles. The van der Waals surface area contributed by atoms with Crippen molar-refractivity contribution in [3.8, 4) is 11.3 Å². The summed E-state index contributed by atoms with van der Waals surface area (Å²) in [6.07, 6.45) is -2.70. The quantitative estimate of drug-likeness (QED) is 0.797. The van der Waals surface area contributed by atoms with Crippen molar-refractivity contribution in [2.24, 2.45) is 0 Å². The Kier molecular flexibility index (Phi) is 2.85. The van der Waals surface area contributed by atoms with Crippen LogP contribution in [0.15, 0.2) is 29.3 Å². The minimum Gasteiger partial charge on any atom is -0.302 e. The highest BCUT2D eigenvalue weighted by molar-refractivity contribution is 5.57. The molecule has 4 nitrogen and oxygen atoms in total. The maximum absolute atomic E-state index is 12.9. The molecule has 0 bridgehead atoms. The van der Waals surface area contributed by atoms with Crippen LogP contribution in [0.5, 0.6) is 0 Å². The molecule has 8 heteroatoms. The SMILES string of the molecule is O=c1nc(-c2cncc(F)c2)cc(C(F)(F)F)[nH]1. The fraction of sp³-hybridized carbons (Fsp3) is 0.100. The van der Waals surface area contributed by atoms with E-state index in [0.29, 0.717) is 6.07 Å². The van der Waals surface area contributed by atoms with Crippen LogP contribution in [0.4, 0.5) is 17.6 Å². The Morgan fingerprint density at radius 1 is 1.17 bits per heavy atom. The Hall–Kier alpha value is -2.25. The van der Waals surface area contributed by atoms with Crippen LogP contribution in [0.25, 0.3) is 11.3 Å². The summed E-state index contributed by atoms with van der Waals surface area (Å²) in [7, 11) is 0. The van der Waals surface area contributed by atoms with Gasteiger partial charge in [0.25, 0.3) is 0 Å². The van der Waals surface area contributed by atoms with E-state index in [1.807, 2.05) is 0 Å². The van der Waals surface area contributed by atoms with Gasteiger partial charge in [-0.3, -0.25) is 4.98 Å². The minimum atomic E-state index is -4.71. The van der Waals surface area contributed by atoms with Crippen molar-refractivity contribution in [1.29, 1.82) is 0 Å². The molecule has 2 aromatic rings. The maximum atomic E-state index is 12.9. The number of alkyl halides is 3. The molecule has 18 heavy (non-hydrogen) atoms. The first kappa shape index (κ1) is 12.2. The van der Waals surface area contributed by atoms with Crippen LogP contribution in [0.3, 0.4) is 0 Å². The minimum absolute atomic E-state index is 0.00778. The van der Waals surface area contributed by atoms with Crippen LogP contribution in [-0.4, -0.2) is 15.0 Å². The van der Waals surface area contributed by atoms with Crippen molar-refractivity contribution < 1.29 is 17.6 Å². The van der Waals surface area contributed by atoms with Gasteiger partial charge in [0.2, 0.25) is 0 Å². The molecule has 0 spiro atoms. The van der Waals surface area contributed by atoms with E-state index in [9.17, 15) is 22.4 Å². The van der Waals surface area contributed by atoms with Crippen molar-refractivity contribution in [2.75, 3.05) is 0 Å². The van der Waals surface area contributed by atoms with Crippen LogP contribution < -0.4 is 5.69 Å². The molecule has 2 rings (SSSR count). The lowest BCUT2D eigenvalue weighted by Gasteiger charge is -2.07. The highest BCUT2D eigenvalue weighted by atomic mass is 19.4. The lowest BCUT2D eigenvalue weighted by molar-refractivity contribution is -0.141. The summed E-state index contributed by atoms with van der Waals surface area (Å²) < 4.78 is 50.3. The summed E-state index contributed by atoms with van der Waals surface area (Å²) in [4.78, 5) is 19.4.